The van der Waals surface area contributed by atoms with Gasteiger partial charge in [-0.05, 0) is 87.6 Å². The van der Waals surface area contributed by atoms with Gasteiger partial charge in [-0.25, -0.2) is 12.8 Å². The van der Waals surface area contributed by atoms with Crippen LogP contribution in [0.5, 0.6) is 5.75 Å². The summed E-state index contributed by atoms with van der Waals surface area (Å²) >= 11 is 0. The Bertz CT molecular complexity index is 1200. The Balaban J connectivity index is 1.45. The lowest BCUT2D eigenvalue weighted by atomic mass is 9.89. The van der Waals surface area contributed by atoms with Gasteiger partial charge in [0, 0.05) is 29.2 Å². The third kappa shape index (κ3) is 7.19. The summed E-state index contributed by atoms with van der Waals surface area (Å²) in [5.74, 6) is 0.134. The highest BCUT2D eigenvalue weighted by Crippen LogP contribution is 2.27. The number of benzene rings is 2. The lowest BCUT2D eigenvalue weighted by Crippen LogP contribution is -2.60. The number of ether oxygens (including phenoxy) is 1. The molecule has 2 aliphatic heterocycles. The number of hydrogen-bond donors (Lipinski definition) is 5. The number of sulfone groups is 1. The van der Waals surface area contributed by atoms with Crippen LogP contribution in [0, 0.1) is 12.8 Å². The summed E-state index contributed by atoms with van der Waals surface area (Å²) in [5, 5.41) is 17.0. The topological polar surface area (TPSA) is 121 Å². The van der Waals surface area contributed by atoms with Gasteiger partial charge in [0.15, 0.2) is 9.84 Å². The number of carbonyl (C=O) groups excluding carboxylic acids is 1. The lowest BCUT2D eigenvalue weighted by Gasteiger charge is -2.39. The zero-order valence-corrected chi connectivity index (χ0v) is 22.1. The van der Waals surface area contributed by atoms with E-state index in [1.54, 1.807) is 0 Å². The van der Waals surface area contributed by atoms with E-state index >= 15 is 0 Å². The summed E-state index contributed by atoms with van der Waals surface area (Å²) in [5.41, 5.74) is 2.70. The average molecular weight is 534 g/mol. The van der Waals surface area contributed by atoms with Crippen molar-refractivity contribution in [1.82, 2.24) is 16.0 Å². The van der Waals surface area contributed by atoms with E-state index in [-0.39, 0.29) is 29.1 Å². The molecule has 5 N–H and O–H groups in total. The van der Waals surface area contributed by atoms with Crippen LogP contribution in [0.4, 0.5) is 15.8 Å². The van der Waals surface area contributed by atoms with Crippen LogP contribution < -0.4 is 31.3 Å². The molecule has 11 heteroatoms. The number of amides is 1. The molecule has 2 aromatic carbocycles. The fourth-order valence-corrected chi connectivity index (χ4v) is 5.66. The Morgan fingerprint density at radius 3 is 2.73 bits per heavy atom. The Labute approximate surface area is 217 Å². The number of carbonyl (C=O) groups is 1. The van der Waals surface area contributed by atoms with Crippen LogP contribution in [0.3, 0.4) is 0 Å². The Hall–Kier alpha value is -2.73. The fraction of sp³-hybridized carbons (Fsp3) is 0.500. The Morgan fingerprint density at radius 1 is 1.16 bits per heavy atom. The molecule has 202 valence electrons. The molecule has 2 fully saturated rings. The number of alkyl halides is 1. The third-order valence-electron chi connectivity index (χ3n) is 6.82. The minimum absolute atomic E-state index is 0.0452. The smallest absolute Gasteiger partial charge is 0.255 e. The van der Waals surface area contributed by atoms with Crippen LogP contribution in [0.15, 0.2) is 41.3 Å². The molecule has 0 aliphatic carbocycles. The molecule has 3 unspecified atom stereocenters. The number of rotatable bonds is 9. The van der Waals surface area contributed by atoms with Crippen LogP contribution in [0.1, 0.15) is 35.2 Å². The molecule has 4 rings (SSSR count). The maximum absolute atomic E-state index is 13.0. The molecule has 9 nitrogen and oxygen atoms in total. The molecular weight excluding hydrogens is 497 g/mol. The van der Waals surface area contributed by atoms with Crippen molar-refractivity contribution in [3.63, 3.8) is 0 Å². The monoisotopic (exact) mass is 533 g/mol. The molecular formula is C26H36FN5O4S. The first-order chi connectivity index (χ1) is 17.7. The molecule has 0 spiro atoms. The van der Waals surface area contributed by atoms with Gasteiger partial charge in [-0.2, -0.15) is 0 Å². The van der Waals surface area contributed by atoms with Gasteiger partial charge in [0.25, 0.3) is 5.91 Å². The first-order valence-electron chi connectivity index (χ1n) is 12.7. The van der Waals surface area contributed by atoms with Gasteiger partial charge < -0.3 is 20.7 Å². The van der Waals surface area contributed by atoms with Crippen molar-refractivity contribution >= 4 is 27.1 Å². The molecule has 0 aromatic heterocycles. The van der Waals surface area contributed by atoms with E-state index < -0.39 is 22.4 Å². The molecule has 2 aromatic rings. The van der Waals surface area contributed by atoms with Gasteiger partial charge >= 0.3 is 0 Å². The SMILES string of the molecule is Cc1ccc(NC(=O)c2ccc(S(C)(=O)=O)c(OCCF)c2)cc1NC1NCCC(C2CCCNC2)N1. The number of halogens is 1. The van der Waals surface area contributed by atoms with Crippen molar-refractivity contribution in [3.8, 4) is 5.75 Å². The lowest BCUT2D eigenvalue weighted by molar-refractivity contribution is 0.102. The van der Waals surface area contributed by atoms with E-state index in [1.807, 2.05) is 25.1 Å². The number of piperidine rings is 1. The van der Waals surface area contributed by atoms with Crippen LogP contribution in [0.25, 0.3) is 0 Å². The third-order valence-corrected chi connectivity index (χ3v) is 7.96. The van der Waals surface area contributed by atoms with Crippen LogP contribution in [0.2, 0.25) is 0 Å². The molecule has 2 saturated heterocycles. The molecule has 0 saturated carbocycles. The zero-order valence-electron chi connectivity index (χ0n) is 21.3. The Morgan fingerprint density at radius 2 is 2.00 bits per heavy atom. The average Bonchev–Trinajstić information content (AvgIpc) is 2.89. The summed E-state index contributed by atoms with van der Waals surface area (Å²) in [4.78, 5) is 12.9. The molecule has 0 bridgehead atoms. The highest BCUT2D eigenvalue weighted by Gasteiger charge is 2.28. The van der Waals surface area contributed by atoms with E-state index in [4.69, 9.17) is 4.74 Å². The summed E-state index contributed by atoms with van der Waals surface area (Å²) in [7, 11) is -3.60. The summed E-state index contributed by atoms with van der Waals surface area (Å²) in [6, 6.07) is 10.1. The van der Waals surface area contributed by atoms with Crippen LogP contribution >= 0.6 is 0 Å². The largest absolute Gasteiger partial charge is 0.489 e. The number of aryl methyl sites for hydroxylation is 1. The van der Waals surface area contributed by atoms with Crippen LogP contribution in [-0.4, -0.2) is 65.8 Å². The van der Waals surface area contributed by atoms with Crippen LogP contribution in [-0.2, 0) is 9.84 Å². The first-order valence-corrected chi connectivity index (χ1v) is 14.6. The second-order valence-electron chi connectivity index (χ2n) is 9.65. The predicted octanol–water partition coefficient (Wildman–Crippen LogP) is 2.65. The number of hydrogen-bond acceptors (Lipinski definition) is 8. The van der Waals surface area contributed by atoms with Crippen molar-refractivity contribution < 1.29 is 22.3 Å². The second-order valence-corrected chi connectivity index (χ2v) is 11.6. The van der Waals surface area contributed by atoms with E-state index in [9.17, 15) is 17.6 Å². The van der Waals surface area contributed by atoms with E-state index in [0.29, 0.717) is 17.6 Å². The minimum atomic E-state index is -3.60. The fourth-order valence-electron chi connectivity index (χ4n) is 4.86. The standard InChI is InChI=1S/C26H36FN5O4S/c1-17-5-7-20(15-22(17)32-26-29-12-9-21(31-26)19-4-3-11-28-16-19)30-25(33)18-6-8-24(37(2,34)35)23(14-18)36-13-10-27/h5-8,14-15,19,21,26,28-29,31-32H,3-4,9-13,16H2,1-2H3,(H,30,33). The normalized spacial score (nSPS) is 22.3. The van der Waals surface area contributed by atoms with Gasteiger partial charge in [-0.15, -0.1) is 0 Å². The van der Waals surface area contributed by atoms with Crippen molar-refractivity contribution in [2.45, 2.75) is 43.4 Å². The van der Waals surface area contributed by atoms with Crippen molar-refractivity contribution in [2.75, 3.05) is 49.8 Å². The number of anilines is 2. The molecule has 0 radical (unpaired) electrons. The maximum atomic E-state index is 13.0. The first kappa shape index (κ1) is 27.3. The van der Waals surface area contributed by atoms with E-state index in [0.717, 1.165) is 43.6 Å². The quantitative estimate of drug-likeness (QED) is 0.334. The van der Waals surface area contributed by atoms with Gasteiger partial charge in [0.1, 0.15) is 30.2 Å². The van der Waals surface area contributed by atoms with Gasteiger partial charge in [-0.3, -0.25) is 15.4 Å². The van der Waals surface area contributed by atoms with E-state index in [1.165, 1.54) is 31.0 Å². The molecule has 1 amide bonds. The Kier molecular flexibility index (Phi) is 9.01. The summed E-state index contributed by atoms with van der Waals surface area (Å²) in [6.07, 6.45) is 4.45. The molecule has 37 heavy (non-hydrogen) atoms. The van der Waals surface area contributed by atoms with Crippen molar-refractivity contribution in [3.05, 3.63) is 47.5 Å². The highest BCUT2D eigenvalue weighted by atomic mass is 32.2. The van der Waals surface area contributed by atoms with Gasteiger partial charge in [0.2, 0.25) is 0 Å². The second kappa shape index (κ2) is 12.2. The van der Waals surface area contributed by atoms with E-state index in [2.05, 4.69) is 26.6 Å². The van der Waals surface area contributed by atoms with Gasteiger partial charge in [0.05, 0.1) is 0 Å². The van der Waals surface area contributed by atoms with Gasteiger partial charge in [-0.1, -0.05) is 6.07 Å². The molecule has 2 heterocycles. The predicted molar refractivity (Wildman–Crippen MR) is 143 cm³/mol. The van der Waals surface area contributed by atoms with Crippen molar-refractivity contribution in [2.24, 2.45) is 5.92 Å². The number of nitrogens with one attached hydrogen (secondary N) is 5. The zero-order chi connectivity index (χ0) is 26.4. The van der Waals surface area contributed by atoms with Crippen molar-refractivity contribution in [1.29, 1.82) is 0 Å². The minimum Gasteiger partial charge on any atom is -0.489 e. The molecule has 3 atom stereocenters. The summed E-state index contributed by atoms with van der Waals surface area (Å²) in [6.45, 7) is 3.96. The summed E-state index contributed by atoms with van der Waals surface area (Å²) < 4.78 is 42.0. The molecule has 2 aliphatic rings. The maximum Gasteiger partial charge on any atom is 0.255 e. The highest BCUT2D eigenvalue weighted by molar-refractivity contribution is 7.90.